The fourth-order valence-electron chi connectivity index (χ4n) is 5.76. The molecule has 1 aliphatic heterocycles. The zero-order valence-corrected chi connectivity index (χ0v) is 23.6. The highest BCUT2D eigenvalue weighted by molar-refractivity contribution is 7.20. The smallest absolute Gasteiger partial charge is 0.261 e. The van der Waals surface area contributed by atoms with Gasteiger partial charge in [-0.3, -0.25) is 14.5 Å². The van der Waals surface area contributed by atoms with Gasteiger partial charge in [-0.05, 0) is 67.1 Å². The minimum Gasteiger partial charge on any atom is -0.392 e. The van der Waals surface area contributed by atoms with E-state index in [9.17, 15) is 14.7 Å². The van der Waals surface area contributed by atoms with Crippen LogP contribution >= 0.6 is 22.9 Å². The Balaban J connectivity index is 1.10. The maximum atomic E-state index is 13.3. The predicted molar refractivity (Wildman–Crippen MR) is 158 cm³/mol. The van der Waals surface area contributed by atoms with Crippen LogP contribution in [-0.2, 0) is 11.3 Å². The van der Waals surface area contributed by atoms with Crippen molar-refractivity contribution in [3.8, 4) is 5.69 Å². The Morgan fingerprint density at radius 3 is 2.70 bits per heavy atom. The first-order chi connectivity index (χ1) is 19.4. The number of nitrogens with zero attached hydrogens (tertiary/aromatic N) is 3. The van der Waals surface area contributed by atoms with Gasteiger partial charge >= 0.3 is 0 Å². The third-order valence-electron chi connectivity index (χ3n) is 7.87. The summed E-state index contributed by atoms with van der Waals surface area (Å²) in [7, 11) is 0. The Morgan fingerprint density at radius 1 is 1.07 bits per heavy atom. The number of thiophene rings is 1. The third kappa shape index (κ3) is 5.93. The number of hydrogen-bond acceptors (Lipinski definition) is 6. The molecule has 8 nitrogen and oxygen atoms in total. The molecule has 3 heterocycles. The molecule has 10 heteroatoms. The molecule has 2 aliphatic rings. The predicted octanol–water partition coefficient (Wildman–Crippen LogP) is 5.23. The lowest BCUT2D eigenvalue weighted by atomic mass is 9.83. The number of benzene rings is 2. The molecule has 1 aliphatic carbocycles. The van der Waals surface area contributed by atoms with E-state index in [-0.39, 0.29) is 29.9 Å². The number of anilines is 1. The molecule has 0 spiro atoms. The fourth-order valence-corrected chi connectivity index (χ4v) is 7.00. The van der Waals surface area contributed by atoms with Gasteiger partial charge in [0.1, 0.15) is 5.82 Å². The first-order valence-electron chi connectivity index (χ1n) is 13.8. The number of aliphatic hydroxyl groups is 1. The number of aliphatic hydroxyl groups excluding tert-OH is 1. The van der Waals surface area contributed by atoms with Crippen LogP contribution in [0.5, 0.6) is 0 Å². The summed E-state index contributed by atoms with van der Waals surface area (Å²) in [5.41, 5.74) is 1.67. The van der Waals surface area contributed by atoms with E-state index in [4.69, 9.17) is 11.6 Å². The zero-order chi connectivity index (χ0) is 27.6. The SMILES string of the molecule is O=C(N[C@@H]1CCCC[C@@H]1C(=O)Nc1ccc(-n2ccnc2CN2CCC(O)C2)cc1)c1cc2ccc(Cl)cc2s1. The highest BCUT2D eigenvalue weighted by atomic mass is 35.5. The van der Waals surface area contributed by atoms with Crippen molar-refractivity contribution >= 4 is 50.5 Å². The van der Waals surface area contributed by atoms with Crippen LogP contribution in [0.4, 0.5) is 5.69 Å². The van der Waals surface area contributed by atoms with E-state index >= 15 is 0 Å². The van der Waals surface area contributed by atoms with E-state index in [1.807, 2.05) is 59.3 Å². The Bertz CT molecular complexity index is 1520. The third-order valence-corrected chi connectivity index (χ3v) is 9.20. The van der Waals surface area contributed by atoms with Gasteiger partial charge in [-0.15, -0.1) is 11.3 Å². The number of carbonyl (C=O) groups excluding carboxylic acids is 2. The number of likely N-dealkylation sites (tertiary alicyclic amines) is 1. The molecule has 2 aromatic heterocycles. The van der Waals surface area contributed by atoms with E-state index in [2.05, 4.69) is 20.5 Å². The molecule has 208 valence electrons. The second-order valence-electron chi connectivity index (χ2n) is 10.7. The van der Waals surface area contributed by atoms with Crippen molar-refractivity contribution in [1.29, 1.82) is 0 Å². The fraction of sp³-hybridized carbons (Fsp3) is 0.367. The normalized spacial score (nSPS) is 21.5. The summed E-state index contributed by atoms with van der Waals surface area (Å²) >= 11 is 7.52. The molecule has 0 radical (unpaired) electrons. The van der Waals surface area contributed by atoms with Crippen LogP contribution in [-0.4, -0.2) is 56.6 Å². The van der Waals surface area contributed by atoms with E-state index in [1.54, 1.807) is 6.20 Å². The molecule has 3 N–H and O–H groups in total. The maximum absolute atomic E-state index is 13.3. The van der Waals surface area contributed by atoms with Gasteiger partial charge in [0.15, 0.2) is 0 Å². The van der Waals surface area contributed by atoms with Crippen LogP contribution in [0.15, 0.2) is 60.9 Å². The molecule has 3 atom stereocenters. The van der Waals surface area contributed by atoms with Crippen molar-refractivity contribution in [2.45, 2.75) is 50.8 Å². The van der Waals surface area contributed by atoms with Crippen molar-refractivity contribution in [3.63, 3.8) is 0 Å². The summed E-state index contributed by atoms with van der Waals surface area (Å²) in [5, 5.41) is 17.7. The number of halogens is 1. The van der Waals surface area contributed by atoms with E-state index in [0.29, 0.717) is 23.0 Å². The molecule has 0 bridgehead atoms. The van der Waals surface area contributed by atoms with Crippen LogP contribution < -0.4 is 10.6 Å². The van der Waals surface area contributed by atoms with Crippen molar-refractivity contribution in [3.05, 3.63) is 76.6 Å². The van der Waals surface area contributed by atoms with Gasteiger partial charge in [0.2, 0.25) is 5.91 Å². The monoisotopic (exact) mass is 577 g/mol. The molecule has 2 aromatic carbocycles. The van der Waals surface area contributed by atoms with Crippen LogP contribution in [0.1, 0.15) is 47.6 Å². The lowest BCUT2D eigenvalue weighted by Crippen LogP contribution is -2.46. The minimum absolute atomic E-state index is 0.0724. The highest BCUT2D eigenvalue weighted by Crippen LogP contribution is 2.30. The lowest BCUT2D eigenvalue weighted by molar-refractivity contribution is -0.121. The lowest BCUT2D eigenvalue weighted by Gasteiger charge is -2.31. The van der Waals surface area contributed by atoms with E-state index < -0.39 is 0 Å². The second kappa shape index (κ2) is 11.7. The molecule has 1 unspecified atom stereocenters. The summed E-state index contributed by atoms with van der Waals surface area (Å²) < 4.78 is 3.00. The van der Waals surface area contributed by atoms with Crippen LogP contribution in [0.25, 0.3) is 15.8 Å². The van der Waals surface area contributed by atoms with Crippen molar-refractivity contribution < 1.29 is 14.7 Å². The summed E-state index contributed by atoms with van der Waals surface area (Å²) in [6.07, 6.45) is 7.69. The minimum atomic E-state index is -0.294. The molecule has 1 saturated heterocycles. The van der Waals surface area contributed by atoms with Crippen molar-refractivity contribution in [2.24, 2.45) is 5.92 Å². The largest absolute Gasteiger partial charge is 0.392 e. The number of carbonyl (C=O) groups is 2. The second-order valence-corrected chi connectivity index (χ2v) is 12.2. The van der Waals surface area contributed by atoms with Crippen LogP contribution in [0, 0.1) is 5.92 Å². The van der Waals surface area contributed by atoms with Gasteiger partial charge < -0.3 is 20.3 Å². The summed E-state index contributed by atoms with van der Waals surface area (Å²) in [4.78, 5) is 33.8. The Kier molecular flexibility index (Phi) is 7.89. The molecule has 6 rings (SSSR count). The average Bonchev–Trinajstić information content (AvgIpc) is 3.69. The molecule has 1 saturated carbocycles. The van der Waals surface area contributed by atoms with E-state index in [0.717, 1.165) is 65.9 Å². The number of rotatable bonds is 7. The van der Waals surface area contributed by atoms with Crippen molar-refractivity contribution in [1.82, 2.24) is 19.8 Å². The van der Waals surface area contributed by atoms with Gasteiger partial charge in [-0.1, -0.05) is 30.5 Å². The number of imidazole rings is 1. The number of fused-ring (bicyclic) bond motifs is 1. The average molecular weight is 578 g/mol. The van der Waals surface area contributed by atoms with Crippen LogP contribution in [0.3, 0.4) is 0 Å². The summed E-state index contributed by atoms with van der Waals surface area (Å²) in [5.74, 6) is 0.397. The van der Waals surface area contributed by atoms with Gasteiger partial charge in [-0.25, -0.2) is 4.98 Å². The first kappa shape index (κ1) is 27.0. The molecule has 4 aromatic rings. The topological polar surface area (TPSA) is 99.5 Å². The molecular weight excluding hydrogens is 546 g/mol. The van der Waals surface area contributed by atoms with Gasteiger partial charge in [0.05, 0.1) is 23.4 Å². The quantitative estimate of drug-likeness (QED) is 0.279. The standard InChI is InChI=1S/C30H32ClN5O3S/c31-20-6-5-19-15-27(40-26(19)16-20)30(39)34-25-4-2-1-3-24(25)29(38)33-21-7-9-22(10-8-21)36-14-12-32-28(36)18-35-13-11-23(37)17-35/h5-10,12,14-16,23-25,37H,1-4,11,13,17-18H2,(H,33,38)(H,34,39)/t23?,24-,25+/m0/s1. The maximum Gasteiger partial charge on any atom is 0.261 e. The first-order valence-corrected chi connectivity index (χ1v) is 15.0. The summed E-state index contributed by atoms with van der Waals surface area (Å²) in [6, 6.07) is 15.0. The Labute approximate surface area is 242 Å². The van der Waals surface area contributed by atoms with Gasteiger partial charge in [-0.2, -0.15) is 0 Å². The van der Waals surface area contributed by atoms with Gasteiger partial charge in [0.25, 0.3) is 5.91 Å². The number of hydrogen-bond donors (Lipinski definition) is 3. The molecule has 2 fully saturated rings. The summed E-state index contributed by atoms with van der Waals surface area (Å²) in [6.45, 7) is 2.20. The molecule has 2 amide bonds. The zero-order valence-electron chi connectivity index (χ0n) is 22.1. The Morgan fingerprint density at radius 2 is 1.90 bits per heavy atom. The van der Waals surface area contributed by atoms with E-state index in [1.165, 1.54) is 11.3 Å². The van der Waals surface area contributed by atoms with Crippen molar-refractivity contribution in [2.75, 3.05) is 18.4 Å². The highest BCUT2D eigenvalue weighted by Gasteiger charge is 2.32. The molecule has 40 heavy (non-hydrogen) atoms. The number of amides is 2. The van der Waals surface area contributed by atoms with Crippen LogP contribution in [0.2, 0.25) is 5.02 Å². The number of aromatic nitrogens is 2. The van der Waals surface area contributed by atoms with Gasteiger partial charge in [0, 0.05) is 52.6 Å². The number of β-amino-alcohol motifs (C(OH)–C–C–N with tert-alkyl or cyclic N) is 1. The number of nitrogens with one attached hydrogen (secondary N) is 2. The Hall–Kier alpha value is -3.24. The molecular formula is C30H32ClN5O3S.